The molecule has 3 aromatic rings. The standard InChI is InChI=1S/C17H15N3O/c18-13-7-4-8-14-15(13)16(21)20(11-19-14)17(9-10-17)12-5-2-1-3-6-12/h1-8,11H,9-10,18H2. The summed E-state index contributed by atoms with van der Waals surface area (Å²) in [6, 6.07) is 15.5. The Morgan fingerprint density at radius 3 is 2.52 bits per heavy atom. The van der Waals surface area contributed by atoms with E-state index >= 15 is 0 Å². The van der Waals surface area contributed by atoms with Gasteiger partial charge in [-0.15, -0.1) is 0 Å². The van der Waals surface area contributed by atoms with E-state index < -0.39 is 0 Å². The van der Waals surface area contributed by atoms with E-state index in [4.69, 9.17) is 5.73 Å². The van der Waals surface area contributed by atoms with Gasteiger partial charge >= 0.3 is 0 Å². The van der Waals surface area contributed by atoms with Crippen LogP contribution < -0.4 is 11.3 Å². The van der Waals surface area contributed by atoms with Crippen LogP contribution in [0, 0.1) is 0 Å². The molecule has 1 aliphatic rings. The lowest BCUT2D eigenvalue weighted by molar-refractivity contribution is 0.548. The van der Waals surface area contributed by atoms with Crippen LogP contribution in [0.25, 0.3) is 10.9 Å². The van der Waals surface area contributed by atoms with Gasteiger partial charge in [-0.3, -0.25) is 9.36 Å². The lowest BCUT2D eigenvalue weighted by atomic mass is 10.0. The predicted octanol–water partition coefficient (Wildman–Crippen LogP) is 2.52. The van der Waals surface area contributed by atoms with E-state index in [9.17, 15) is 4.79 Å². The van der Waals surface area contributed by atoms with Gasteiger partial charge < -0.3 is 5.73 Å². The highest BCUT2D eigenvalue weighted by Crippen LogP contribution is 2.48. The Morgan fingerprint density at radius 2 is 1.81 bits per heavy atom. The van der Waals surface area contributed by atoms with Gasteiger partial charge in [-0.25, -0.2) is 4.98 Å². The fourth-order valence-electron chi connectivity index (χ4n) is 3.03. The van der Waals surface area contributed by atoms with Crippen molar-refractivity contribution >= 4 is 16.6 Å². The van der Waals surface area contributed by atoms with Crippen molar-refractivity contribution in [3.8, 4) is 0 Å². The van der Waals surface area contributed by atoms with E-state index in [2.05, 4.69) is 17.1 Å². The van der Waals surface area contributed by atoms with Crippen molar-refractivity contribution in [2.24, 2.45) is 0 Å². The minimum absolute atomic E-state index is 0.0561. The van der Waals surface area contributed by atoms with Crippen LogP contribution in [0.4, 0.5) is 5.69 Å². The number of benzene rings is 2. The second-order valence-electron chi connectivity index (χ2n) is 5.56. The summed E-state index contributed by atoms with van der Waals surface area (Å²) in [6.07, 6.45) is 3.57. The number of rotatable bonds is 2. The average Bonchev–Trinajstić information content (AvgIpc) is 3.30. The van der Waals surface area contributed by atoms with Crippen LogP contribution in [0.2, 0.25) is 0 Å². The first-order valence-electron chi connectivity index (χ1n) is 7.04. The molecule has 1 heterocycles. The number of anilines is 1. The molecule has 2 aromatic carbocycles. The van der Waals surface area contributed by atoms with E-state index in [0.717, 1.165) is 18.4 Å². The molecule has 2 N–H and O–H groups in total. The number of nitrogens with zero attached hydrogens (tertiary/aromatic N) is 2. The summed E-state index contributed by atoms with van der Waals surface area (Å²) in [5.74, 6) is 0. The molecule has 0 bridgehead atoms. The van der Waals surface area contributed by atoms with Gasteiger partial charge in [0.05, 0.1) is 22.8 Å². The molecule has 4 heteroatoms. The maximum atomic E-state index is 12.9. The number of hydrogen-bond donors (Lipinski definition) is 1. The van der Waals surface area contributed by atoms with E-state index in [1.807, 2.05) is 30.3 Å². The maximum absolute atomic E-state index is 12.9. The Bertz CT molecular complexity index is 879. The minimum Gasteiger partial charge on any atom is -0.398 e. The second-order valence-corrected chi connectivity index (χ2v) is 5.56. The number of nitrogens with two attached hydrogens (primary N) is 1. The van der Waals surface area contributed by atoms with Gasteiger partial charge in [0.2, 0.25) is 0 Å². The molecule has 1 fully saturated rings. The average molecular weight is 277 g/mol. The van der Waals surface area contributed by atoms with Crippen LogP contribution in [0.1, 0.15) is 18.4 Å². The predicted molar refractivity (Wildman–Crippen MR) is 83.2 cm³/mol. The van der Waals surface area contributed by atoms with Gasteiger partial charge in [-0.1, -0.05) is 36.4 Å². The Kier molecular flexibility index (Phi) is 2.42. The van der Waals surface area contributed by atoms with Gasteiger partial charge in [-0.2, -0.15) is 0 Å². The Labute approximate surface area is 121 Å². The van der Waals surface area contributed by atoms with Crippen LogP contribution in [-0.4, -0.2) is 9.55 Å². The van der Waals surface area contributed by atoms with Crippen molar-refractivity contribution in [2.75, 3.05) is 5.73 Å². The molecule has 4 rings (SSSR count). The number of aromatic nitrogens is 2. The second kappa shape index (κ2) is 4.19. The number of fused-ring (bicyclic) bond motifs is 1. The molecular formula is C17H15N3O. The van der Waals surface area contributed by atoms with Gasteiger partial charge in [0.15, 0.2) is 0 Å². The van der Waals surface area contributed by atoms with Crippen molar-refractivity contribution in [1.29, 1.82) is 0 Å². The normalized spacial score (nSPS) is 16.0. The first kappa shape index (κ1) is 12.1. The van der Waals surface area contributed by atoms with Crippen molar-refractivity contribution < 1.29 is 0 Å². The third-order valence-corrected chi connectivity index (χ3v) is 4.32. The molecule has 0 radical (unpaired) electrons. The quantitative estimate of drug-likeness (QED) is 0.732. The third-order valence-electron chi connectivity index (χ3n) is 4.32. The van der Waals surface area contributed by atoms with Crippen LogP contribution in [0.15, 0.2) is 59.7 Å². The first-order valence-corrected chi connectivity index (χ1v) is 7.04. The van der Waals surface area contributed by atoms with Crippen molar-refractivity contribution in [2.45, 2.75) is 18.4 Å². The molecule has 0 aliphatic heterocycles. The Morgan fingerprint density at radius 1 is 1.05 bits per heavy atom. The fraction of sp³-hybridized carbons (Fsp3) is 0.176. The van der Waals surface area contributed by atoms with Crippen molar-refractivity contribution in [3.63, 3.8) is 0 Å². The maximum Gasteiger partial charge on any atom is 0.264 e. The van der Waals surface area contributed by atoms with E-state index in [-0.39, 0.29) is 11.1 Å². The molecule has 104 valence electrons. The van der Waals surface area contributed by atoms with Gasteiger partial charge in [0, 0.05) is 5.69 Å². The van der Waals surface area contributed by atoms with Gasteiger partial charge in [0.25, 0.3) is 5.56 Å². The van der Waals surface area contributed by atoms with Crippen molar-refractivity contribution in [3.05, 3.63) is 70.8 Å². The zero-order valence-electron chi connectivity index (χ0n) is 11.5. The molecule has 4 nitrogen and oxygen atoms in total. The first-order chi connectivity index (χ1) is 10.2. The largest absolute Gasteiger partial charge is 0.398 e. The summed E-state index contributed by atoms with van der Waals surface area (Å²) < 4.78 is 1.75. The number of nitrogen functional groups attached to an aromatic ring is 1. The third kappa shape index (κ3) is 1.69. The highest BCUT2D eigenvalue weighted by Gasteiger charge is 2.47. The molecule has 0 spiro atoms. The highest BCUT2D eigenvalue weighted by molar-refractivity contribution is 5.89. The highest BCUT2D eigenvalue weighted by atomic mass is 16.1. The smallest absolute Gasteiger partial charge is 0.264 e. The molecular weight excluding hydrogens is 262 g/mol. The zero-order valence-corrected chi connectivity index (χ0v) is 11.5. The molecule has 0 unspecified atom stereocenters. The topological polar surface area (TPSA) is 60.9 Å². The van der Waals surface area contributed by atoms with Crippen LogP contribution in [0.5, 0.6) is 0 Å². The van der Waals surface area contributed by atoms with E-state index in [1.165, 1.54) is 0 Å². The Hall–Kier alpha value is -2.62. The number of hydrogen-bond acceptors (Lipinski definition) is 3. The molecule has 0 atom stereocenters. The summed E-state index contributed by atoms with van der Waals surface area (Å²) in [5, 5.41) is 0.516. The fourth-order valence-corrected chi connectivity index (χ4v) is 3.03. The minimum atomic E-state index is -0.248. The lowest BCUT2D eigenvalue weighted by Crippen LogP contribution is -2.31. The molecule has 0 saturated heterocycles. The molecule has 0 amide bonds. The monoisotopic (exact) mass is 277 g/mol. The molecule has 21 heavy (non-hydrogen) atoms. The Balaban J connectivity index is 1.99. The summed E-state index contributed by atoms with van der Waals surface area (Å²) in [5.41, 5.74) is 7.97. The molecule has 1 aromatic heterocycles. The zero-order chi connectivity index (χ0) is 14.4. The lowest BCUT2D eigenvalue weighted by Gasteiger charge is -2.19. The van der Waals surface area contributed by atoms with Crippen LogP contribution in [0.3, 0.4) is 0 Å². The summed E-state index contributed by atoms with van der Waals surface area (Å²) >= 11 is 0. The van der Waals surface area contributed by atoms with Crippen LogP contribution in [-0.2, 0) is 5.54 Å². The van der Waals surface area contributed by atoms with Crippen molar-refractivity contribution in [1.82, 2.24) is 9.55 Å². The molecule has 1 saturated carbocycles. The van der Waals surface area contributed by atoms with Gasteiger partial charge in [-0.05, 0) is 30.5 Å². The summed E-state index contributed by atoms with van der Waals surface area (Å²) in [4.78, 5) is 17.3. The SMILES string of the molecule is Nc1cccc2ncn(C3(c4ccccc4)CC3)c(=O)c12. The van der Waals surface area contributed by atoms with Crippen LogP contribution >= 0.6 is 0 Å². The van der Waals surface area contributed by atoms with Gasteiger partial charge in [0.1, 0.15) is 0 Å². The molecule has 1 aliphatic carbocycles. The van der Waals surface area contributed by atoms with E-state index in [1.54, 1.807) is 17.0 Å². The summed E-state index contributed by atoms with van der Waals surface area (Å²) in [6.45, 7) is 0. The summed E-state index contributed by atoms with van der Waals surface area (Å²) in [7, 11) is 0. The van der Waals surface area contributed by atoms with E-state index in [0.29, 0.717) is 16.6 Å².